The summed E-state index contributed by atoms with van der Waals surface area (Å²) in [5, 5.41) is 4.15. The number of hydrogen-bond donors (Lipinski definition) is 1. The van der Waals surface area contributed by atoms with E-state index in [1.807, 2.05) is 18.2 Å². The summed E-state index contributed by atoms with van der Waals surface area (Å²) in [5.41, 5.74) is 5.30. The van der Waals surface area contributed by atoms with Crippen molar-refractivity contribution in [2.45, 2.75) is 19.8 Å². The van der Waals surface area contributed by atoms with Crippen molar-refractivity contribution in [2.75, 3.05) is 5.43 Å². The zero-order valence-corrected chi connectivity index (χ0v) is 10.7. The third-order valence-electron chi connectivity index (χ3n) is 2.66. The molecule has 1 aromatic heterocycles. The summed E-state index contributed by atoms with van der Waals surface area (Å²) >= 11 is 0. The highest BCUT2D eigenvalue weighted by atomic mass is 15.3. The Bertz CT molecular complexity index is 501. The fraction of sp³-hybridized carbons (Fsp3) is 0.200. The number of hydrogen-bond acceptors (Lipinski definition) is 3. The number of hydrazone groups is 1. The van der Waals surface area contributed by atoms with Crippen LogP contribution in [-0.2, 0) is 0 Å². The van der Waals surface area contributed by atoms with Crippen molar-refractivity contribution in [2.24, 2.45) is 5.10 Å². The second kappa shape index (κ2) is 5.96. The van der Waals surface area contributed by atoms with Gasteiger partial charge in [-0.15, -0.1) is 0 Å². The molecule has 2 aromatic rings. The number of nitrogens with zero attached hydrogens (tertiary/aromatic N) is 2. The Labute approximate surface area is 108 Å². The van der Waals surface area contributed by atoms with Crippen LogP contribution >= 0.6 is 0 Å². The Balaban J connectivity index is 1.97. The van der Waals surface area contributed by atoms with Crippen LogP contribution in [0, 0.1) is 0 Å². The smallest absolute Gasteiger partial charge is 0.146 e. The van der Waals surface area contributed by atoms with Gasteiger partial charge in [-0.25, -0.2) is 4.98 Å². The lowest BCUT2D eigenvalue weighted by molar-refractivity contribution is 0.866. The summed E-state index contributed by atoms with van der Waals surface area (Å²) in [7, 11) is 0. The molecule has 0 bridgehead atoms. The minimum atomic E-state index is 0.558. The maximum Gasteiger partial charge on any atom is 0.146 e. The molecule has 2 rings (SSSR count). The van der Waals surface area contributed by atoms with Gasteiger partial charge in [-0.3, -0.25) is 5.43 Å². The monoisotopic (exact) mass is 239 g/mol. The van der Waals surface area contributed by atoms with E-state index in [-0.39, 0.29) is 0 Å². The maximum absolute atomic E-state index is 4.15. The van der Waals surface area contributed by atoms with Gasteiger partial charge in [0.15, 0.2) is 0 Å². The van der Waals surface area contributed by atoms with Gasteiger partial charge in [0.2, 0.25) is 0 Å². The van der Waals surface area contributed by atoms with E-state index in [9.17, 15) is 0 Å². The summed E-state index contributed by atoms with van der Waals surface area (Å²) in [4.78, 5) is 4.12. The van der Waals surface area contributed by atoms with E-state index in [4.69, 9.17) is 0 Å². The lowest BCUT2D eigenvalue weighted by Crippen LogP contribution is -1.93. The predicted molar refractivity (Wildman–Crippen MR) is 76.0 cm³/mol. The van der Waals surface area contributed by atoms with E-state index in [0.717, 1.165) is 11.4 Å². The highest BCUT2D eigenvalue weighted by molar-refractivity contribution is 5.80. The first-order valence-corrected chi connectivity index (χ1v) is 6.06. The molecule has 0 aliphatic rings. The van der Waals surface area contributed by atoms with Gasteiger partial charge < -0.3 is 0 Å². The van der Waals surface area contributed by atoms with Crippen LogP contribution in [-0.4, -0.2) is 11.2 Å². The fourth-order valence-electron chi connectivity index (χ4n) is 1.57. The third kappa shape index (κ3) is 3.42. The van der Waals surface area contributed by atoms with Gasteiger partial charge in [0, 0.05) is 6.20 Å². The molecular weight excluding hydrogens is 222 g/mol. The van der Waals surface area contributed by atoms with Crippen LogP contribution in [0.15, 0.2) is 53.8 Å². The van der Waals surface area contributed by atoms with Crippen molar-refractivity contribution in [3.05, 3.63) is 59.8 Å². The largest absolute Gasteiger partial charge is 0.261 e. The van der Waals surface area contributed by atoms with Crippen molar-refractivity contribution < 1.29 is 0 Å². The average Bonchev–Trinajstić information content (AvgIpc) is 2.40. The van der Waals surface area contributed by atoms with E-state index in [1.54, 1.807) is 12.4 Å². The van der Waals surface area contributed by atoms with Crippen LogP contribution in [0.5, 0.6) is 0 Å². The lowest BCUT2D eigenvalue weighted by Gasteiger charge is -2.04. The summed E-state index contributed by atoms with van der Waals surface area (Å²) < 4.78 is 0. The normalized spacial score (nSPS) is 11.1. The van der Waals surface area contributed by atoms with Gasteiger partial charge in [-0.05, 0) is 29.2 Å². The van der Waals surface area contributed by atoms with Crippen LogP contribution in [0.25, 0.3) is 0 Å². The molecule has 0 aliphatic carbocycles. The number of pyridine rings is 1. The molecule has 0 aliphatic heterocycles. The van der Waals surface area contributed by atoms with Gasteiger partial charge in [-0.2, -0.15) is 5.10 Å². The van der Waals surface area contributed by atoms with Crippen LogP contribution in [0.4, 0.5) is 5.82 Å². The van der Waals surface area contributed by atoms with Crippen LogP contribution in [0.1, 0.15) is 30.9 Å². The fourth-order valence-corrected chi connectivity index (χ4v) is 1.57. The van der Waals surface area contributed by atoms with Gasteiger partial charge >= 0.3 is 0 Å². The number of nitrogens with one attached hydrogen (secondary N) is 1. The summed E-state index contributed by atoms with van der Waals surface area (Å²) in [6, 6.07) is 14.1. The Morgan fingerprint density at radius 2 is 1.89 bits per heavy atom. The van der Waals surface area contributed by atoms with Crippen molar-refractivity contribution >= 4 is 12.0 Å². The number of rotatable bonds is 4. The molecule has 3 nitrogen and oxygen atoms in total. The molecule has 0 unspecified atom stereocenters. The first-order valence-electron chi connectivity index (χ1n) is 6.06. The first-order chi connectivity index (χ1) is 8.75. The molecule has 0 saturated heterocycles. The van der Waals surface area contributed by atoms with Gasteiger partial charge in [0.25, 0.3) is 0 Å². The highest BCUT2D eigenvalue weighted by Crippen LogP contribution is 2.13. The molecule has 92 valence electrons. The van der Waals surface area contributed by atoms with Gasteiger partial charge in [0.1, 0.15) is 5.82 Å². The summed E-state index contributed by atoms with van der Waals surface area (Å²) in [6.45, 7) is 4.37. The Hall–Kier alpha value is -2.16. The summed E-state index contributed by atoms with van der Waals surface area (Å²) in [6.07, 6.45) is 3.52. The molecule has 0 radical (unpaired) electrons. The SMILES string of the molecule is CC(C)c1ccc(/C=N\Nc2ccccn2)cc1. The molecule has 0 spiro atoms. The zero-order chi connectivity index (χ0) is 12.8. The molecule has 1 heterocycles. The average molecular weight is 239 g/mol. The Morgan fingerprint density at radius 3 is 2.50 bits per heavy atom. The molecule has 1 N–H and O–H groups in total. The molecule has 0 fully saturated rings. The van der Waals surface area contributed by atoms with Gasteiger partial charge in [0.05, 0.1) is 6.21 Å². The minimum absolute atomic E-state index is 0.558. The summed E-state index contributed by atoms with van der Waals surface area (Å²) in [5.74, 6) is 1.30. The van der Waals surface area contributed by atoms with E-state index in [0.29, 0.717) is 5.92 Å². The molecule has 0 atom stereocenters. The second-order valence-corrected chi connectivity index (χ2v) is 4.41. The van der Waals surface area contributed by atoms with Crippen molar-refractivity contribution in [3.63, 3.8) is 0 Å². The van der Waals surface area contributed by atoms with E-state index in [2.05, 4.69) is 53.6 Å². The zero-order valence-electron chi connectivity index (χ0n) is 10.7. The molecule has 0 amide bonds. The van der Waals surface area contributed by atoms with E-state index in [1.165, 1.54) is 5.56 Å². The molecule has 3 heteroatoms. The minimum Gasteiger partial charge on any atom is -0.261 e. The Kier molecular flexibility index (Phi) is 4.07. The standard InChI is InChI=1S/C15H17N3/c1-12(2)14-8-6-13(7-9-14)11-17-18-15-5-3-4-10-16-15/h3-12H,1-2H3,(H,16,18)/b17-11-. The molecule has 0 saturated carbocycles. The maximum atomic E-state index is 4.15. The Morgan fingerprint density at radius 1 is 1.11 bits per heavy atom. The van der Waals surface area contributed by atoms with Crippen molar-refractivity contribution in [1.29, 1.82) is 0 Å². The molecule has 1 aromatic carbocycles. The van der Waals surface area contributed by atoms with E-state index >= 15 is 0 Å². The van der Waals surface area contributed by atoms with Gasteiger partial charge in [-0.1, -0.05) is 44.2 Å². The number of anilines is 1. The molecular formula is C15H17N3. The third-order valence-corrected chi connectivity index (χ3v) is 2.66. The van der Waals surface area contributed by atoms with Crippen LogP contribution in [0.3, 0.4) is 0 Å². The number of aromatic nitrogens is 1. The second-order valence-electron chi connectivity index (χ2n) is 4.41. The topological polar surface area (TPSA) is 37.3 Å². The predicted octanol–water partition coefficient (Wildman–Crippen LogP) is 3.65. The van der Waals surface area contributed by atoms with Crippen LogP contribution < -0.4 is 5.43 Å². The quantitative estimate of drug-likeness (QED) is 0.653. The van der Waals surface area contributed by atoms with Crippen molar-refractivity contribution in [3.8, 4) is 0 Å². The first kappa shape index (κ1) is 12.3. The molecule has 18 heavy (non-hydrogen) atoms. The number of benzene rings is 1. The van der Waals surface area contributed by atoms with Crippen molar-refractivity contribution in [1.82, 2.24) is 4.98 Å². The van der Waals surface area contributed by atoms with Crippen LogP contribution in [0.2, 0.25) is 0 Å². The van der Waals surface area contributed by atoms with E-state index < -0.39 is 0 Å². The lowest BCUT2D eigenvalue weighted by atomic mass is 10.0. The highest BCUT2D eigenvalue weighted by Gasteiger charge is 1.97.